The van der Waals surface area contributed by atoms with Gasteiger partial charge in [-0.3, -0.25) is 4.79 Å². The number of carbonyl (C=O) groups is 1. The maximum Gasteiger partial charge on any atom is 0.254 e. The molecule has 26 heavy (non-hydrogen) atoms. The summed E-state index contributed by atoms with van der Waals surface area (Å²) in [6.07, 6.45) is 4.06. The predicted octanol–water partition coefficient (Wildman–Crippen LogP) is 4.35. The molecule has 2 heterocycles. The number of amides is 1. The molecule has 4 nitrogen and oxygen atoms in total. The van der Waals surface area contributed by atoms with Crippen molar-refractivity contribution in [3.63, 3.8) is 0 Å². The van der Waals surface area contributed by atoms with Gasteiger partial charge in [-0.15, -0.1) is 0 Å². The largest absolute Gasteiger partial charge is 0.486 e. The molecule has 0 saturated carbocycles. The third-order valence-corrected chi connectivity index (χ3v) is 5.37. The van der Waals surface area contributed by atoms with Crippen molar-refractivity contribution in [2.24, 2.45) is 0 Å². The first kappa shape index (κ1) is 17.2. The van der Waals surface area contributed by atoms with E-state index in [0.717, 1.165) is 32.2 Å². The van der Waals surface area contributed by atoms with Crippen LogP contribution in [-0.2, 0) is 6.42 Å². The Morgan fingerprint density at radius 1 is 1.15 bits per heavy atom. The SMILES string of the molecule is O=C(c1cc(Cl)c2c(c1)OCCO2)N1CCCC1CCc1ccccc1. The second-order valence-electron chi connectivity index (χ2n) is 6.80. The first-order valence-corrected chi connectivity index (χ1v) is 9.54. The highest BCUT2D eigenvalue weighted by atomic mass is 35.5. The van der Waals surface area contributed by atoms with Crippen LogP contribution in [0.2, 0.25) is 5.02 Å². The molecule has 4 rings (SSSR count). The summed E-state index contributed by atoms with van der Waals surface area (Å²) in [6.45, 7) is 1.75. The molecule has 1 saturated heterocycles. The van der Waals surface area contributed by atoms with E-state index in [-0.39, 0.29) is 11.9 Å². The maximum atomic E-state index is 13.1. The van der Waals surface area contributed by atoms with E-state index in [4.69, 9.17) is 21.1 Å². The number of ether oxygens (including phenoxy) is 2. The molecule has 2 aliphatic heterocycles. The lowest BCUT2D eigenvalue weighted by Gasteiger charge is -2.26. The van der Waals surface area contributed by atoms with Crippen LogP contribution < -0.4 is 9.47 Å². The van der Waals surface area contributed by atoms with Crippen molar-refractivity contribution in [3.8, 4) is 11.5 Å². The molecule has 0 spiro atoms. The number of hydrogen-bond donors (Lipinski definition) is 0. The van der Waals surface area contributed by atoms with Gasteiger partial charge in [0.15, 0.2) is 11.5 Å². The number of aryl methyl sites for hydroxylation is 1. The lowest BCUT2D eigenvalue weighted by atomic mass is 10.0. The minimum atomic E-state index is 0.0273. The molecular formula is C21H22ClNO3. The lowest BCUT2D eigenvalue weighted by molar-refractivity contribution is 0.0729. The molecule has 0 aliphatic carbocycles. The maximum absolute atomic E-state index is 13.1. The van der Waals surface area contributed by atoms with Crippen molar-refractivity contribution in [1.82, 2.24) is 4.90 Å². The second-order valence-corrected chi connectivity index (χ2v) is 7.21. The van der Waals surface area contributed by atoms with Gasteiger partial charge in [-0.1, -0.05) is 41.9 Å². The van der Waals surface area contributed by atoms with Gasteiger partial charge in [-0.05, 0) is 43.4 Å². The number of hydrogen-bond acceptors (Lipinski definition) is 3. The molecule has 0 radical (unpaired) electrons. The Morgan fingerprint density at radius 2 is 1.96 bits per heavy atom. The number of carbonyl (C=O) groups excluding carboxylic acids is 1. The first-order chi connectivity index (χ1) is 12.7. The van der Waals surface area contributed by atoms with E-state index in [9.17, 15) is 4.79 Å². The number of likely N-dealkylation sites (tertiary alicyclic amines) is 1. The number of rotatable bonds is 4. The minimum Gasteiger partial charge on any atom is -0.486 e. The third kappa shape index (κ3) is 3.51. The monoisotopic (exact) mass is 371 g/mol. The molecule has 136 valence electrons. The summed E-state index contributed by atoms with van der Waals surface area (Å²) < 4.78 is 11.2. The van der Waals surface area contributed by atoms with Crippen molar-refractivity contribution < 1.29 is 14.3 Å². The minimum absolute atomic E-state index is 0.0273. The smallest absolute Gasteiger partial charge is 0.254 e. The first-order valence-electron chi connectivity index (χ1n) is 9.16. The van der Waals surface area contributed by atoms with Crippen molar-refractivity contribution >= 4 is 17.5 Å². The van der Waals surface area contributed by atoms with Gasteiger partial charge in [0.05, 0.1) is 5.02 Å². The van der Waals surface area contributed by atoms with E-state index < -0.39 is 0 Å². The van der Waals surface area contributed by atoms with Gasteiger partial charge in [0.2, 0.25) is 0 Å². The highest BCUT2D eigenvalue weighted by Gasteiger charge is 2.30. The van der Waals surface area contributed by atoms with E-state index in [0.29, 0.717) is 35.3 Å². The van der Waals surface area contributed by atoms with Gasteiger partial charge in [-0.25, -0.2) is 0 Å². The topological polar surface area (TPSA) is 38.8 Å². The number of halogens is 1. The Hall–Kier alpha value is -2.20. The van der Waals surface area contributed by atoms with Crippen LogP contribution in [0.3, 0.4) is 0 Å². The van der Waals surface area contributed by atoms with Crippen LogP contribution in [0.15, 0.2) is 42.5 Å². The Bertz CT molecular complexity index is 793. The Morgan fingerprint density at radius 3 is 2.81 bits per heavy atom. The summed E-state index contributed by atoms with van der Waals surface area (Å²) in [4.78, 5) is 15.1. The molecule has 5 heteroatoms. The summed E-state index contributed by atoms with van der Waals surface area (Å²) in [5, 5.41) is 0.436. The zero-order valence-electron chi connectivity index (χ0n) is 14.6. The molecule has 1 atom stereocenters. The van der Waals surface area contributed by atoms with E-state index in [1.807, 2.05) is 11.0 Å². The summed E-state index contributed by atoms with van der Waals surface area (Å²) in [7, 11) is 0. The van der Waals surface area contributed by atoms with E-state index in [1.54, 1.807) is 12.1 Å². The highest BCUT2D eigenvalue weighted by Crippen LogP contribution is 2.39. The molecule has 2 aromatic carbocycles. The highest BCUT2D eigenvalue weighted by molar-refractivity contribution is 6.32. The number of benzene rings is 2. The number of nitrogens with zero attached hydrogens (tertiary/aromatic N) is 1. The molecule has 2 aliphatic rings. The van der Waals surface area contributed by atoms with Crippen LogP contribution in [0.5, 0.6) is 11.5 Å². The molecule has 1 unspecified atom stereocenters. The summed E-state index contributed by atoms with van der Waals surface area (Å²) >= 11 is 6.30. The van der Waals surface area contributed by atoms with Crippen LogP contribution in [0.1, 0.15) is 35.2 Å². The van der Waals surface area contributed by atoms with Crippen LogP contribution in [0, 0.1) is 0 Å². The zero-order chi connectivity index (χ0) is 17.9. The molecule has 2 aromatic rings. The molecule has 1 amide bonds. The Balaban J connectivity index is 1.49. The van der Waals surface area contributed by atoms with Gasteiger partial charge in [-0.2, -0.15) is 0 Å². The standard InChI is InChI=1S/C21H22ClNO3/c22-18-13-16(14-19-20(18)26-12-11-25-19)21(24)23-10-4-7-17(23)9-8-15-5-2-1-3-6-15/h1-3,5-6,13-14,17H,4,7-12H2. The summed E-state index contributed by atoms with van der Waals surface area (Å²) in [5.74, 6) is 1.13. The predicted molar refractivity (Wildman–Crippen MR) is 101 cm³/mol. The molecule has 0 bridgehead atoms. The van der Waals surface area contributed by atoms with Gasteiger partial charge in [0.25, 0.3) is 5.91 Å². The normalized spacial score (nSPS) is 18.8. The zero-order valence-corrected chi connectivity index (χ0v) is 15.4. The van der Waals surface area contributed by atoms with Crippen LogP contribution in [0.25, 0.3) is 0 Å². The fourth-order valence-electron chi connectivity index (χ4n) is 3.78. The van der Waals surface area contributed by atoms with E-state index in [1.165, 1.54) is 5.56 Å². The van der Waals surface area contributed by atoms with Crippen molar-refractivity contribution in [2.45, 2.75) is 31.7 Å². The molecule has 1 fully saturated rings. The van der Waals surface area contributed by atoms with Crippen molar-refractivity contribution in [2.75, 3.05) is 19.8 Å². The quantitative estimate of drug-likeness (QED) is 0.802. The number of fused-ring (bicyclic) bond motifs is 1. The van der Waals surface area contributed by atoms with Crippen molar-refractivity contribution in [3.05, 3.63) is 58.6 Å². The fraction of sp³-hybridized carbons (Fsp3) is 0.381. The molecule has 0 N–H and O–H groups in total. The average Bonchev–Trinajstić information content (AvgIpc) is 3.15. The average molecular weight is 372 g/mol. The molecule has 0 aromatic heterocycles. The fourth-order valence-corrected chi connectivity index (χ4v) is 4.05. The third-order valence-electron chi connectivity index (χ3n) is 5.09. The van der Waals surface area contributed by atoms with Crippen molar-refractivity contribution in [1.29, 1.82) is 0 Å². The van der Waals surface area contributed by atoms with Crippen LogP contribution in [-0.4, -0.2) is 36.6 Å². The van der Waals surface area contributed by atoms with Gasteiger partial charge in [0, 0.05) is 18.2 Å². The second kappa shape index (κ2) is 7.58. The Kier molecular flexibility index (Phi) is 5.02. The Labute approximate surface area is 158 Å². The van der Waals surface area contributed by atoms with Crippen LogP contribution in [0.4, 0.5) is 0 Å². The van der Waals surface area contributed by atoms with Gasteiger partial charge >= 0.3 is 0 Å². The summed E-state index contributed by atoms with van der Waals surface area (Å²) in [6, 6.07) is 14.2. The van der Waals surface area contributed by atoms with Gasteiger partial charge in [0.1, 0.15) is 13.2 Å². The summed E-state index contributed by atoms with van der Waals surface area (Å²) in [5.41, 5.74) is 1.89. The van der Waals surface area contributed by atoms with Crippen LogP contribution >= 0.6 is 11.6 Å². The van der Waals surface area contributed by atoms with Gasteiger partial charge < -0.3 is 14.4 Å². The lowest BCUT2D eigenvalue weighted by Crippen LogP contribution is -2.36. The van der Waals surface area contributed by atoms with E-state index in [2.05, 4.69) is 24.3 Å². The van der Waals surface area contributed by atoms with E-state index >= 15 is 0 Å². The molecular weight excluding hydrogens is 350 g/mol.